The van der Waals surface area contributed by atoms with E-state index in [4.69, 9.17) is 4.42 Å². The van der Waals surface area contributed by atoms with E-state index >= 15 is 0 Å². The van der Waals surface area contributed by atoms with Crippen LogP contribution < -0.4 is 10.2 Å². The highest BCUT2D eigenvalue weighted by molar-refractivity contribution is 6.11. The quantitative estimate of drug-likeness (QED) is 0.709. The highest BCUT2D eigenvalue weighted by Crippen LogP contribution is 2.28. The number of fused-ring (bicyclic) bond motifs is 1. The first kappa shape index (κ1) is 18.0. The third kappa shape index (κ3) is 3.67. The van der Waals surface area contributed by atoms with Crippen molar-refractivity contribution < 1.29 is 14.0 Å². The van der Waals surface area contributed by atoms with Gasteiger partial charge in [-0.25, -0.2) is 4.98 Å². The molecule has 1 aromatic heterocycles. The molecular formula is C22H21N3O3. The van der Waals surface area contributed by atoms with Gasteiger partial charge in [-0.3, -0.25) is 14.9 Å². The Hall–Kier alpha value is -3.41. The maximum atomic E-state index is 12.8. The van der Waals surface area contributed by atoms with Crippen LogP contribution in [0.2, 0.25) is 0 Å². The number of aromatic nitrogens is 1. The fourth-order valence-electron chi connectivity index (χ4n) is 3.51. The zero-order chi connectivity index (χ0) is 19.5. The Morgan fingerprint density at radius 3 is 2.75 bits per heavy atom. The molecule has 1 aliphatic rings. The molecule has 3 aromatic rings. The van der Waals surface area contributed by atoms with E-state index in [-0.39, 0.29) is 11.9 Å². The summed E-state index contributed by atoms with van der Waals surface area (Å²) in [4.78, 5) is 31.2. The number of oxazole rings is 1. The molecular weight excluding hydrogens is 354 g/mol. The smallest absolute Gasteiger partial charge is 0.301 e. The zero-order valence-electron chi connectivity index (χ0n) is 15.6. The van der Waals surface area contributed by atoms with Crippen molar-refractivity contribution in [3.8, 4) is 0 Å². The van der Waals surface area contributed by atoms with Crippen LogP contribution in [0.3, 0.4) is 0 Å². The summed E-state index contributed by atoms with van der Waals surface area (Å²) >= 11 is 0. The van der Waals surface area contributed by atoms with Gasteiger partial charge in [-0.05, 0) is 30.0 Å². The molecule has 2 amide bonds. The number of hydrogen-bond acceptors (Lipinski definition) is 4. The minimum Gasteiger partial charge on any atom is -0.428 e. The normalized spacial score (nSPS) is 16.4. The summed E-state index contributed by atoms with van der Waals surface area (Å²) in [5.41, 5.74) is 3.01. The van der Waals surface area contributed by atoms with Crippen LogP contribution in [-0.4, -0.2) is 23.8 Å². The molecule has 6 nitrogen and oxygen atoms in total. The predicted octanol–water partition coefficient (Wildman–Crippen LogP) is 3.43. The standard InChI is InChI=1S/C22H21N3O3/c1-25-19-10-6-5-9-16(19)11-12-18(21(25)27)20(26)24-22-23-14-17(28-22)13-15-7-3-2-4-8-15/h2-10,14,18H,11-13H2,1H3,(H,23,24,26). The topological polar surface area (TPSA) is 75.4 Å². The summed E-state index contributed by atoms with van der Waals surface area (Å²) in [7, 11) is 1.70. The zero-order valence-corrected chi connectivity index (χ0v) is 15.6. The molecule has 0 aliphatic carbocycles. The summed E-state index contributed by atoms with van der Waals surface area (Å²) in [6.45, 7) is 0. The van der Waals surface area contributed by atoms with Gasteiger partial charge >= 0.3 is 6.01 Å². The van der Waals surface area contributed by atoms with Crippen LogP contribution in [0.1, 0.15) is 23.3 Å². The monoisotopic (exact) mass is 375 g/mol. The lowest BCUT2D eigenvalue weighted by atomic mass is 10.00. The third-order valence-electron chi connectivity index (χ3n) is 5.01. The van der Waals surface area contributed by atoms with Gasteiger partial charge in [-0.2, -0.15) is 0 Å². The van der Waals surface area contributed by atoms with Gasteiger partial charge in [0.1, 0.15) is 11.7 Å². The summed E-state index contributed by atoms with van der Waals surface area (Å²) in [6, 6.07) is 17.7. The van der Waals surface area contributed by atoms with Crippen LogP contribution >= 0.6 is 0 Å². The molecule has 6 heteroatoms. The number of benzene rings is 2. The summed E-state index contributed by atoms with van der Waals surface area (Å²) < 4.78 is 5.64. The van der Waals surface area contributed by atoms with Gasteiger partial charge in [0, 0.05) is 19.2 Å². The van der Waals surface area contributed by atoms with Crippen molar-refractivity contribution in [2.45, 2.75) is 19.3 Å². The fraction of sp³-hybridized carbons (Fsp3) is 0.227. The lowest BCUT2D eigenvalue weighted by molar-refractivity contribution is -0.130. The van der Waals surface area contributed by atoms with Crippen molar-refractivity contribution in [3.63, 3.8) is 0 Å². The average molecular weight is 375 g/mol. The van der Waals surface area contributed by atoms with Gasteiger partial charge in [0.05, 0.1) is 6.20 Å². The van der Waals surface area contributed by atoms with Gasteiger partial charge in [0.2, 0.25) is 11.8 Å². The second-order valence-corrected chi connectivity index (χ2v) is 6.90. The van der Waals surface area contributed by atoms with Crippen molar-refractivity contribution in [2.75, 3.05) is 17.3 Å². The molecule has 1 aliphatic heterocycles. The highest BCUT2D eigenvalue weighted by atomic mass is 16.4. The number of aryl methyl sites for hydroxylation is 1. The largest absolute Gasteiger partial charge is 0.428 e. The van der Waals surface area contributed by atoms with Crippen LogP contribution in [-0.2, 0) is 22.4 Å². The Balaban J connectivity index is 1.45. The number of nitrogens with one attached hydrogen (secondary N) is 1. The van der Waals surface area contributed by atoms with Crippen LogP contribution in [0, 0.1) is 5.92 Å². The van der Waals surface area contributed by atoms with E-state index in [0.29, 0.717) is 25.0 Å². The molecule has 2 heterocycles. The predicted molar refractivity (Wildman–Crippen MR) is 106 cm³/mol. The van der Waals surface area contributed by atoms with Crippen molar-refractivity contribution in [1.82, 2.24) is 4.98 Å². The van der Waals surface area contributed by atoms with Crippen molar-refractivity contribution in [3.05, 3.63) is 77.7 Å². The van der Waals surface area contributed by atoms with Gasteiger partial charge in [-0.15, -0.1) is 0 Å². The van der Waals surface area contributed by atoms with E-state index in [9.17, 15) is 9.59 Å². The molecule has 0 radical (unpaired) electrons. The second kappa shape index (κ2) is 7.68. The number of carbonyl (C=O) groups is 2. The summed E-state index contributed by atoms with van der Waals surface area (Å²) in [5.74, 6) is -0.739. The number of hydrogen-bond donors (Lipinski definition) is 1. The van der Waals surface area contributed by atoms with Crippen molar-refractivity contribution in [1.29, 1.82) is 0 Å². The summed E-state index contributed by atoms with van der Waals surface area (Å²) in [5, 5.41) is 2.66. The van der Waals surface area contributed by atoms with E-state index in [1.54, 1.807) is 18.1 Å². The molecule has 142 valence electrons. The Morgan fingerprint density at radius 1 is 1.18 bits per heavy atom. The van der Waals surface area contributed by atoms with Gasteiger partial charge < -0.3 is 9.32 Å². The molecule has 0 saturated heterocycles. The number of para-hydroxylation sites is 1. The van der Waals surface area contributed by atoms with E-state index in [2.05, 4.69) is 10.3 Å². The minimum atomic E-state index is -0.776. The van der Waals surface area contributed by atoms with Crippen LogP contribution in [0.4, 0.5) is 11.7 Å². The van der Waals surface area contributed by atoms with Crippen LogP contribution in [0.25, 0.3) is 0 Å². The number of anilines is 2. The van der Waals surface area contributed by atoms with E-state index in [0.717, 1.165) is 16.8 Å². The Bertz CT molecular complexity index is 997. The molecule has 0 spiro atoms. The minimum absolute atomic E-state index is 0.119. The Kier molecular flexibility index (Phi) is 4.93. The number of rotatable bonds is 4. The van der Waals surface area contributed by atoms with Crippen LogP contribution in [0.15, 0.2) is 65.2 Å². The van der Waals surface area contributed by atoms with E-state index in [1.165, 1.54) is 0 Å². The molecule has 1 unspecified atom stereocenters. The van der Waals surface area contributed by atoms with Crippen molar-refractivity contribution in [2.24, 2.45) is 5.92 Å². The third-order valence-corrected chi connectivity index (χ3v) is 5.01. The molecule has 28 heavy (non-hydrogen) atoms. The van der Waals surface area contributed by atoms with E-state index in [1.807, 2.05) is 54.6 Å². The molecule has 2 aromatic carbocycles. The van der Waals surface area contributed by atoms with Crippen molar-refractivity contribution >= 4 is 23.5 Å². The first-order valence-corrected chi connectivity index (χ1v) is 9.27. The number of carbonyl (C=O) groups excluding carboxylic acids is 2. The van der Waals surface area contributed by atoms with Crippen LogP contribution in [0.5, 0.6) is 0 Å². The number of nitrogens with zero attached hydrogens (tertiary/aromatic N) is 2. The fourth-order valence-corrected chi connectivity index (χ4v) is 3.51. The SMILES string of the molecule is CN1C(=O)C(C(=O)Nc2ncc(Cc3ccccc3)o2)CCc2ccccc21. The van der Waals surface area contributed by atoms with E-state index < -0.39 is 11.8 Å². The first-order chi connectivity index (χ1) is 13.6. The second-order valence-electron chi connectivity index (χ2n) is 6.90. The molecule has 0 bridgehead atoms. The van der Waals surface area contributed by atoms with Gasteiger partial charge in [-0.1, -0.05) is 48.5 Å². The summed E-state index contributed by atoms with van der Waals surface area (Å²) in [6.07, 6.45) is 3.29. The average Bonchev–Trinajstić information content (AvgIpc) is 3.10. The maximum Gasteiger partial charge on any atom is 0.301 e. The van der Waals surface area contributed by atoms with Gasteiger partial charge in [0.25, 0.3) is 0 Å². The molecule has 4 rings (SSSR count). The Morgan fingerprint density at radius 2 is 1.93 bits per heavy atom. The highest BCUT2D eigenvalue weighted by Gasteiger charge is 2.33. The maximum absolute atomic E-state index is 12.8. The molecule has 0 saturated carbocycles. The number of amides is 2. The molecule has 0 fully saturated rings. The lowest BCUT2D eigenvalue weighted by Crippen LogP contribution is -2.38. The first-order valence-electron chi connectivity index (χ1n) is 9.27. The molecule has 1 atom stereocenters. The molecule has 1 N–H and O–H groups in total. The van der Waals surface area contributed by atoms with Gasteiger partial charge in [0.15, 0.2) is 0 Å². The Labute approximate surface area is 163 Å². The lowest BCUT2D eigenvalue weighted by Gasteiger charge is -2.20.